The molecule has 426 valence electrons. The topological polar surface area (TPSA) is 335 Å². The van der Waals surface area contributed by atoms with Crippen molar-refractivity contribution in [3.63, 3.8) is 0 Å². The Morgan fingerprint density at radius 3 is 1.86 bits per heavy atom. The molecule has 3 saturated carbocycles. The summed E-state index contributed by atoms with van der Waals surface area (Å²) in [5, 5.41) is 127. The molecule has 8 fully saturated rings. The number of aliphatic hydroxyl groups excluding tert-OH is 12. The minimum atomic E-state index is -1.74. The van der Waals surface area contributed by atoms with Gasteiger partial charge in [-0.1, -0.05) is 39.3 Å². The number of allylic oxidation sites excluding steroid dienone is 1. The fourth-order valence-corrected chi connectivity index (χ4v) is 15.3. The van der Waals surface area contributed by atoms with Crippen LogP contribution in [0.15, 0.2) is 11.6 Å². The zero-order chi connectivity index (χ0) is 53.5. The van der Waals surface area contributed by atoms with Gasteiger partial charge < -0.3 is 109 Å². The molecule has 9 aliphatic rings. The number of fused-ring (bicyclic) bond motifs is 7. The van der Waals surface area contributed by atoms with Gasteiger partial charge in [-0.15, -0.1) is 0 Å². The fraction of sp³-hybridized carbons (Fsp3) is 0.962. The van der Waals surface area contributed by atoms with E-state index in [0.29, 0.717) is 43.4 Å². The molecule has 12 N–H and O–H groups in total. The Labute approximate surface area is 432 Å². The molecule has 9 rings (SSSR count). The lowest BCUT2D eigenvalue weighted by Crippen LogP contribution is -2.66. The number of ether oxygens (including phenoxy) is 10. The van der Waals surface area contributed by atoms with E-state index in [1.54, 1.807) is 7.11 Å². The van der Waals surface area contributed by atoms with Crippen LogP contribution in [0.25, 0.3) is 0 Å². The van der Waals surface area contributed by atoms with E-state index in [1.807, 2.05) is 6.92 Å². The first kappa shape index (κ1) is 57.5. The van der Waals surface area contributed by atoms with Crippen LogP contribution in [0.4, 0.5) is 0 Å². The van der Waals surface area contributed by atoms with Gasteiger partial charge in [0, 0.05) is 19.4 Å². The number of methoxy groups -OCH3 is 1. The van der Waals surface area contributed by atoms with Crippen molar-refractivity contribution in [2.45, 2.75) is 240 Å². The second kappa shape index (κ2) is 22.4. The maximum absolute atomic E-state index is 12.1. The monoisotopic (exact) mass is 1060 g/mol. The van der Waals surface area contributed by atoms with Crippen LogP contribution in [0.2, 0.25) is 0 Å². The molecule has 0 aromatic carbocycles. The SMILES string of the molecule is CO[C@]1(CCC(C)CO[C@@H]2O[C@H](CO)[C@@H](O)[C@H](O)[C@H]2O)O[C@H]2C[C@H]3[C@@H]4CC=C5C[C@@H](O[C@@H]6O[C@H](CO)[C@@H](O[C@@H]7O[C@@H](C)[C@H](O)[C@@H](O)[C@H]7O)[C@H](O)[C@H]6O[C@@H]6O[C@@H](C)[C@H](O)[C@@H](O)[C@H]6O)CC[C@]5(C)[C@H]4CC[C@]3(C)[C@H]2[C@@H]1C. The lowest BCUT2D eigenvalue weighted by atomic mass is 9.47. The van der Waals surface area contributed by atoms with E-state index in [1.165, 1.54) is 19.4 Å². The normalized spacial score (nSPS) is 54.9. The summed E-state index contributed by atoms with van der Waals surface area (Å²) in [5.74, 6) is 0.884. The lowest BCUT2D eigenvalue weighted by Gasteiger charge is -2.58. The van der Waals surface area contributed by atoms with Crippen molar-refractivity contribution >= 4 is 0 Å². The van der Waals surface area contributed by atoms with Gasteiger partial charge in [0.05, 0.1) is 44.2 Å². The molecule has 22 nitrogen and oxygen atoms in total. The zero-order valence-electron chi connectivity index (χ0n) is 43.7. The maximum atomic E-state index is 12.1. The third-order valence-corrected chi connectivity index (χ3v) is 19.8. The van der Waals surface area contributed by atoms with E-state index in [4.69, 9.17) is 47.4 Å². The second-order valence-corrected chi connectivity index (χ2v) is 24.0. The van der Waals surface area contributed by atoms with Gasteiger partial charge in [0.15, 0.2) is 30.9 Å². The molecule has 0 radical (unpaired) electrons. The fourth-order valence-electron chi connectivity index (χ4n) is 15.3. The molecule has 5 heterocycles. The predicted molar refractivity (Wildman–Crippen MR) is 254 cm³/mol. The number of hydrogen-bond acceptors (Lipinski definition) is 22. The van der Waals surface area contributed by atoms with Gasteiger partial charge in [-0.3, -0.25) is 0 Å². The highest BCUT2D eigenvalue weighted by Crippen LogP contribution is 2.70. The van der Waals surface area contributed by atoms with Crippen LogP contribution in [-0.2, 0) is 47.4 Å². The predicted octanol–water partition coefficient (Wildman–Crippen LogP) is -1.33. The smallest absolute Gasteiger partial charge is 0.187 e. The van der Waals surface area contributed by atoms with E-state index >= 15 is 0 Å². The van der Waals surface area contributed by atoms with Crippen molar-refractivity contribution < 1.29 is 109 Å². The molecule has 5 saturated heterocycles. The molecule has 22 heteroatoms. The molecule has 1 unspecified atom stereocenters. The van der Waals surface area contributed by atoms with Crippen LogP contribution < -0.4 is 0 Å². The van der Waals surface area contributed by atoms with E-state index in [9.17, 15) is 61.3 Å². The van der Waals surface area contributed by atoms with Crippen molar-refractivity contribution in [2.24, 2.45) is 46.3 Å². The standard InChI is InChI=1S/C52H86O22/c1-21(20-66-46-40(61)39(60)36(57)31(18-53)70-46)10-15-52(65-7)22(2)33-30(74-52)17-29-27-9-8-25-16-26(11-13-50(25,5)28(27)12-14-51(29,33)6)69-49-45(73-48-42(63)38(59)35(56)24(4)68-48)43(64)44(32(19-54)71-49)72-47-41(62)37(58)34(55)23(3)67-47/h8,21-24,26-49,53-64H,9-20H2,1-7H3/t21?,22-,23-,24-,26-,27+,28-,29-,30-,31+,32+,33-,34-,35-,36+,37+,38+,39-,40+,41+,42+,43-,44+,45+,46+,47-,48-,49+,50-,51-,52+/m0/s1. The van der Waals surface area contributed by atoms with E-state index in [2.05, 4.69) is 26.8 Å². The minimum Gasteiger partial charge on any atom is -0.394 e. The van der Waals surface area contributed by atoms with Crippen molar-refractivity contribution in [1.82, 2.24) is 0 Å². The Kier molecular flexibility index (Phi) is 17.4. The van der Waals surface area contributed by atoms with E-state index in [-0.39, 0.29) is 41.3 Å². The molecular formula is C52H86O22. The number of aliphatic hydroxyl groups is 12. The van der Waals surface area contributed by atoms with Crippen molar-refractivity contribution in [3.8, 4) is 0 Å². The molecule has 0 amide bonds. The van der Waals surface area contributed by atoms with E-state index in [0.717, 1.165) is 32.1 Å². The van der Waals surface area contributed by atoms with Gasteiger partial charge in [-0.25, -0.2) is 0 Å². The van der Waals surface area contributed by atoms with Gasteiger partial charge in [0.1, 0.15) is 85.5 Å². The number of hydrogen-bond donors (Lipinski definition) is 12. The summed E-state index contributed by atoms with van der Waals surface area (Å²) >= 11 is 0. The lowest BCUT2D eigenvalue weighted by molar-refractivity contribution is -0.388. The molecule has 5 aliphatic heterocycles. The third kappa shape index (κ3) is 10.1. The zero-order valence-corrected chi connectivity index (χ0v) is 43.7. The highest BCUT2D eigenvalue weighted by molar-refractivity contribution is 5.26. The Hall–Kier alpha value is -1.14. The molecule has 0 spiro atoms. The van der Waals surface area contributed by atoms with Crippen LogP contribution in [0.1, 0.15) is 99.3 Å². The summed E-state index contributed by atoms with van der Waals surface area (Å²) in [7, 11) is 1.72. The second-order valence-electron chi connectivity index (χ2n) is 24.0. The van der Waals surface area contributed by atoms with Crippen LogP contribution in [-0.4, -0.2) is 229 Å². The molecule has 0 aromatic heterocycles. The first-order valence-electron chi connectivity index (χ1n) is 27.2. The summed E-state index contributed by atoms with van der Waals surface area (Å²) in [6.45, 7) is 11.1. The molecule has 0 bridgehead atoms. The summed E-state index contributed by atoms with van der Waals surface area (Å²) < 4.78 is 61.5. The molecular weight excluding hydrogens is 977 g/mol. The first-order valence-corrected chi connectivity index (χ1v) is 27.2. The molecule has 4 aliphatic carbocycles. The molecule has 74 heavy (non-hydrogen) atoms. The minimum absolute atomic E-state index is 0.00465. The summed E-state index contributed by atoms with van der Waals surface area (Å²) in [4.78, 5) is 0. The summed E-state index contributed by atoms with van der Waals surface area (Å²) in [6, 6.07) is 0. The molecule has 31 atom stereocenters. The quantitative estimate of drug-likeness (QED) is 0.0846. The van der Waals surface area contributed by atoms with Crippen LogP contribution >= 0.6 is 0 Å². The van der Waals surface area contributed by atoms with Gasteiger partial charge in [0.2, 0.25) is 0 Å². The van der Waals surface area contributed by atoms with Crippen LogP contribution in [0.3, 0.4) is 0 Å². The Morgan fingerprint density at radius 1 is 0.649 bits per heavy atom. The van der Waals surface area contributed by atoms with Crippen LogP contribution in [0.5, 0.6) is 0 Å². The Balaban J connectivity index is 0.854. The van der Waals surface area contributed by atoms with E-state index < -0.39 is 148 Å². The number of rotatable bonds is 15. The average molecular weight is 1060 g/mol. The summed E-state index contributed by atoms with van der Waals surface area (Å²) in [5.41, 5.74) is 1.19. The van der Waals surface area contributed by atoms with Gasteiger partial charge in [0.25, 0.3) is 0 Å². The van der Waals surface area contributed by atoms with Gasteiger partial charge in [-0.2, -0.15) is 0 Å². The molecule has 0 aromatic rings. The van der Waals surface area contributed by atoms with Crippen molar-refractivity contribution in [3.05, 3.63) is 11.6 Å². The highest BCUT2D eigenvalue weighted by Gasteiger charge is 2.68. The Bertz CT molecular complexity index is 1920. The maximum Gasteiger partial charge on any atom is 0.187 e. The average Bonchev–Trinajstić information content (AvgIpc) is 3.84. The third-order valence-electron chi connectivity index (χ3n) is 19.8. The Morgan fingerprint density at radius 2 is 1.24 bits per heavy atom. The first-order chi connectivity index (χ1) is 35.0. The van der Waals surface area contributed by atoms with Crippen LogP contribution in [0, 0.1) is 46.3 Å². The summed E-state index contributed by atoms with van der Waals surface area (Å²) in [6.07, 6.45) is -19.4. The van der Waals surface area contributed by atoms with Gasteiger partial charge in [-0.05, 0) is 106 Å². The van der Waals surface area contributed by atoms with Gasteiger partial charge >= 0.3 is 0 Å². The van der Waals surface area contributed by atoms with Crippen molar-refractivity contribution in [1.29, 1.82) is 0 Å². The largest absolute Gasteiger partial charge is 0.394 e. The highest BCUT2D eigenvalue weighted by atomic mass is 16.8. The van der Waals surface area contributed by atoms with Crippen molar-refractivity contribution in [2.75, 3.05) is 26.9 Å².